The maximum Gasteiger partial charge on any atom is 0.264 e. The Morgan fingerprint density at radius 1 is 0.810 bits per heavy atom. The van der Waals surface area contributed by atoms with Crippen molar-refractivity contribution < 1.29 is 18.0 Å². The molecule has 0 heterocycles. The second kappa shape index (κ2) is 14.1. The molecule has 0 fully saturated rings. The smallest absolute Gasteiger partial charge is 0.264 e. The van der Waals surface area contributed by atoms with Gasteiger partial charge in [0.25, 0.3) is 10.0 Å². The molecule has 10 heteroatoms. The van der Waals surface area contributed by atoms with Crippen LogP contribution in [0.1, 0.15) is 16.7 Å². The van der Waals surface area contributed by atoms with Crippen molar-refractivity contribution in [2.24, 2.45) is 0 Å². The van der Waals surface area contributed by atoms with Gasteiger partial charge in [0, 0.05) is 29.0 Å². The molecular formula is C32H31Br2N3O4S. The molecule has 42 heavy (non-hydrogen) atoms. The molecule has 0 radical (unpaired) electrons. The fourth-order valence-corrected chi connectivity index (χ4v) is 6.65. The van der Waals surface area contributed by atoms with Crippen LogP contribution in [0.3, 0.4) is 0 Å². The van der Waals surface area contributed by atoms with Gasteiger partial charge in [-0.15, -0.1) is 0 Å². The van der Waals surface area contributed by atoms with Crippen molar-refractivity contribution in [2.45, 2.75) is 30.8 Å². The summed E-state index contributed by atoms with van der Waals surface area (Å²) in [5.41, 5.74) is 2.90. The van der Waals surface area contributed by atoms with Crippen LogP contribution in [-0.2, 0) is 32.6 Å². The van der Waals surface area contributed by atoms with Gasteiger partial charge in [0.1, 0.15) is 12.6 Å². The van der Waals surface area contributed by atoms with Gasteiger partial charge in [0.2, 0.25) is 11.8 Å². The normalized spacial score (nSPS) is 11.9. The van der Waals surface area contributed by atoms with Crippen LogP contribution < -0.4 is 9.62 Å². The SMILES string of the molecule is CNC(=O)[C@H](Cc1ccccc1)N(Cc1cccc(Br)c1)C(=O)CN(c1ccc(Br)cc1)S(=O)(=O)c1ccc(C)cc1. The summed E-state index contributed by atoms with van der Waals surface area (Å²) in [6.45, 7) is 1.47. The summed E-state index contributed by atoms with van der Waals surface area (Å²) in [5.74, 6) is -0.864. The Bertz CT molecular complexity index is 1630. The van der Waals surface area contributed by atoms with Crippen LogP contribution in [-0.4, -0.2) is 44.8 Å². The summed E-state index contributed by atoms with van der Waals surface area (Å²) in [5, 5.41) is 2.69. The molecule has 0 aliphatic heterocycles. The number of likely N-dealkylation sites (N-methyl/N-ethyl adjacent to an activating group) is 1. The Morgan fingerprint density at radius 2 is 1.45 bits per heavy atom. The van der Waals surface area contributed by atoms with E-state index in [-0.39, 0.29) is 23.8 Å². The minimum absolute atomic E-state index is 0.0643. The van der Waals surface area contributed by atoms with Crippen molar-refractivity contribution >= 4 is 59.4 Å². The average molecular weight is 713 g/mol. The van der Waals surface area contributed by atoms with Crippen molar-refractivity contribution in [3.8, 4) is 0 Å². The van der Waals surface area contributed by atoms with E-state index in [0.29, 0.717) is 5.69 Å². The van der Waals surface area contributed by atoms with Crippen LogP contribution in [0.2, 0.25) is 0 Å². The first-order valence-corrected chi connectivity index (χ1v) is 16.3. The third-order valence-electron chi connectivity index (χ3n) is 6.76. The Kier molecular flexibility index (Phi) is 10.6. The van der Waals surface area contributed by atoms with Gasteiger partial charge in [-0.25, -0.2) is 8.42 Å². The van der Waals surface area contributed by atoms with Crippen LogP contribution in [0.25, 0.3) is 0 Å². The van der Waals surface area contributed by atoms with E-state index in [2.05, 4.69) is 37.2 Å². The van der Waals surface area contributed by atoms with E-state index in [1.807, 2.05) is 61.5 Å². The summed E-state index contributed by atoms with van der Waals surface area (Å²) in [6.07, 6.45) is 0.253. The van der Waals surface area contributed by atoms with Crippen LogP contribution in [0, 0.1) is 6.92 Å². The third kappa shape index (κ3) is 7.87. The first kappa shape index (κ1) is 31.5. The third-order valence-corrected chi connectivity index (χ3v) is 9.57. The highest BCUT2D eigenvalue weighted by atomic mass is 79.9. The first-order chi connectivity index (χ1) is 20.1. The van der Waals surface area contributed by atoms with Crippen LogP contribution in [0.5, 0.6) is 0 Å². The molecule has 1 atom stereocenters. The predicted octanol–water partition coefficient (Wildman–Crippen LogP) is 6.10. The highest BCUT2D eigenvalue weighted by Crippen LogP contribution is 2.27. The molecule has 0 spiro atoms. The van der Waals surface area contributed by atoms with Crippen molar-refractivity contribution in [3.05, 3.63) is 129 Å². The fourth-order valence-electron chi connectivity index (χ4n) is 4.53. The Labute approximate surface area is 263 Å². The maximum atomic E-state index is 14.3. The molecule has 4 aromatic carbocycles. The molecule has 0 bridgehead atoms. The number of hydrogen-bond acceptors (Lipinski definition) is 4. The molecule has 0 saturated heterocycles. The number of carbonyl (C=O) groups is 2. The van der Waals surface area contributed by atoms with Gasteiger partial charge in [-0.05, 0) is 66.6 Å². The van der Waals surface area contributed by atoms with Crippen LogP contribution >= 0.6 is 31.9 Å². The Hall–Kier alpha value is -3.47. The molecular weight excluding hydrogens is 682 g/mol. The van der Waals surface area contributed by atoms with Gasteiger partial charge in [0.15, 0.2) is 0 Å². The number of anilines is 1. The molecule has 7 nitrogen and oxygen atoms in total. The van der Waals surface area contributed by atoms with E-state index in [4.69, 9.17) is 0 Å². The molecule has 2 amide bonds. The van der Waals surface area contributed by atoms with Gasteiger partial charge in [0.05, 0.1) is 10.6 Å². The standard InChI is InChI=1S/C32H31Br2N3O4S/c1-23-11-17-29(18-12-23)42(40,41)37(28-15-13-26(33)14-16-28)22-31(38)36(21-25-9-6-10-27(34)19-25)30(32(39)35-2)20-24-7-4-3-5-8-24/h3-19,30H,20-22H2,1-2H3,(H,35,39)/t30-/m0/s1. The Balaban J connectivity index is 1.78. The lowest BCUT2D eigenvalue weighted by atomic mass is 10.0. The highest BCUT2D eigenvalue weighted by Gasteiger charge is 2.34. The molecule has 0 unspecified atom stereocenters. The van der Waals surface area contributed by atoms with E-state index in [1.165, 1.54) is 24.1 Å². The van der Waals surface area contributed by atoms with Crippen LogP contribution in [0.15, 0.2) is 117 Å². The van der Waals surface area contributed by atoms with E-state index < -0.39 is 28.5 Å². The lowest BCUT2D eigenvalue weighted by Crippen LogP contribution is -2.53. The fraction of sp³-hybridized carbons (Fsp3) is 0.188. The number of halogens is 2. The molecule has 4 aromatic rings. The van der Waals surface area contributed by atoms with Gasteiger partial charge < -0.3 is 10.2 Å². The number of amides is 2. The minimum Gasteiger partial charge on any atom is -0.357 e. The topological polar surface area (TPSA) is 86.8 Å². The molecule has 1 N–H and O–H groups in total. The zero-order valence-corrected chi connectivity index (χ0v) is 27.2. The zero-order valence-electron chi connectivity index (χ0n) is 23.2. The number of nitrogens with one attached hydrogen (secondary N) is 1. The summed E-state index contributed by atoms with van der Waals surface area (Å²) >= 11 is 6.88. The molecule has 4 rings (SSSR count). The molecule has 218 valence electrons. The predicted molar refractivity (Wildman–Crippen MR) is 173 cm³/mol. The van der Waals surface area contributed by atoms with Gasteiger partial charge in [-0.2, -0.15) is 0 Å². The van der Waals surface area contributed by atoms with E-state index in [0.717, 1.165) is 29.9 Å². The highest BCUT2D eigenvalue weighted by molar-refractivity contribution is 9.10. The number of nitrogens with zero attached hydrogens (tertiary/aromatic N) is 2. The van der Waals surface area contributed by atoms with Gasteiger partial charge in [-0.1, -0.05) is 92.0 Å². The molecule has 0 aliphatic rings. The van der Waals surface area contributed by atoms with E-state index in [1.54, 1.807) is 36.4 Å². The maximum absolute atomic E-state index is 14.3. The van der Waals surface area contributed by atoms with Crippen molar-refractivity contribution in [1.29, 1.82) is 0 Å². The first-order valence-electron chi connectivity index (χ1n) is 13.2. The molecule has 0 saturated carbocycles. The number of carbonyl (C=O) groups excluding carboxylic acids is 2. The van der Waals surface area contributed by atoms with Crippen molar-refractivity contribution in [3.63, 3.8) is 0 Å². The average Bonchev–Trinajstić information content (AvgIpc) is 2.98. The van der Waals surface area contributed by atoms with Gasteiger partial charge in [-0.3, -0.25) is 13.9 Å². The van der Waals surface area contributed by atoms with Crippen molar-refractivity contribution in [2.75, 3.05) is 17.9 Å². The summed E-state index contributed by atoms with van der Waals surface area (Å²) in [6, 6.07) is 29.2. The monoisotopic (exact) mass is 711 g/mol. The summed E-state index contributed by atoms with van der Waals surface area (Å²) < 4.78 is 30.7. The van der Waals surface area contributed by atoms with Crippen molar-refractivity contribution in [1.82, 2.24) is 10.2 Å². The lowest BCUT2D eigenvalue weighted by Gasteiger charge is -2.33. The number of benzene rings is 4. The number of aryl methyl sites for hydroxylation is 1. The van der Waals surface area contributed by atoms with Crippen LogP contribution in [0.4, 0.5) is 5.69 Å². The van der Waals surface area contributed by atoms with E-state index >= 15 is 0 Å². The van der Waals surface area contributed by atoms with E-state index in [9.17, 15) is 18.0 Å². The second-order valence-corrected chi connectivity index (χ2v) is 13.5. The van der Waals surface area contributed by atoms with Gasteiger partial charge >= 0.3 is 0 Å². The molecule has 0 aliphatic carbocycles. The number of hydrogen-bond donors (Lipinski definition) is 1. The second-order valence-electron chi connectivity index (χ2n) is 9.77. The zero-order chi connectivity index (χ0) is 30.3. The summed E-state index contributed by atoms with van der Waals surface area (Å²) in [7, 11) is -2.61. The quantitative estimate of drug-likeness (QED) is 0.204. The molecule has 0 aromatic heterocycles. The Morgan fingerprint density at radius 3 is 2.07 bits per heavy atom. The largest absolute Gasteiger partial charge is 0.357 e. The number of rotatable bonds is 11. The lowest BCUT2D eigenvalue weighted by molar-refractivity contribution is -0.139. The minimum atomic E-state index is -4.14. The number of sulfonamides is 1. The summed E-state index contributed by atoms with van der Waals surface area (Å²) in [4.78, 5) is 29.1.